The molecule has 1 saturated carbocycles. The minimum atomic E-state index is -0.974. The lowest BCUT2D eigenvalue weighted by molar-refractivity contribution is -0.146. The maximum absolute atomic E-state index is 12.0. The number of nitrogens with one attached hydrogen (secondary N) is 1. The zero-order valence-electron chi connectivity index (χ0n) is 10.5. The van der Waals surface area contributed by atoms with Gasteiger partial charge in [-0.1, -0.05) is 20.3 Å². The van der Waals surface area contributed by atoms with Gasteiger partial charge >= 0.3 is 5.97 Å². The summed E-state index contributed by atoms with van der Waals surface area (Å²) >= 11 is 0. The van der Waals surface area contributed by atoms with Crippen molar-refractivity contribution >= 4 is 11.9 Å². The van der Waals surface area contributed by atoms with Gasteiger partial charge < -0.3 is 16.2 Å². The Hall–Kier alpha value is -1.10. The molecular weight excluding hydrogens is 220 g/mol. The fraction of sp³-hybridized carbons (Fsp3) is 0.833. The molecule has 0 radical (unpaired) electrons. The van der Waals surface area contributed by atoms with Crippen LogP contribution in [0.3, 0.4) is 0 Å². The second-order valence-corrected chi connectivity index (χ2v) is 5.33. The van der Waals surface area contributed by atoms with E-state index in [2.05, 4.69) is 5.32 Å². The van der Waals surface area contributed by atoms with E-state index in [9.17, 15) is 9.59 Å². The number of carbonyl (C=O) groups excluding carboxylic acids is 1. The van der Waals surface area contributed by atoms with Crippen LogP contribution >= 0.6 is 0 Å². The Balaban J connectivity index is 2.60. The summed E-state index contributed by atoms with van der Waals surface area (Å²) in [6.07, 6.45) is 2.97. The summed E-state index contributed by atoms with van der Waals surface area (Å²) in [7, 11) is 0. The zero-order chi connectivity index (χ0) is 13.1. The normalized spacial score (nSPS) is 19.5. The quantitative estimate of drug-likeness (QED) is 0.640. The highest BCUT2D eigenvalue weighted by molar-refractivity contribution is 5.88. The maximum atomic E-state index is 12.0. The smallest absolute Gasteiger partial charge is 0.326 e. The van der Waals surface area contributed by atoms with Crippen LogP contribution in [0.1, 0.15) is 39.5 Å². The van der Waals surface area contributed by atoms with Crippen LogP contribution in [0.5, 0.6) is 0 Å². The van der Waals surface area contributed by atoms with Gasteiger partial charge in [-0.15, -0.1) is 0 Å². The van der Waals surface area contributed by atoms with Crippen LogP contribution in [-0.2, 0) is 9.59 Å². The molecule has 1 rings (SSSR count). The molecule has 1 atom stereocenters. The highest BCUT2D eigenvalue weighted by Gasteiger charge is 2.43. The Morgan fingerprint density at radius 1 is 1.41 bits per heavy atom. The lowest BCUT2D eigenvalue weighted by Crippen LogP contribution is -2.54. The van der Waals surface area contributed by atoms with Crippen LogP contribution in [0.2, 0.25) is 0 Å². The number of rotatable bonds is 6. The molecule has 0 spiro atoms. The van der Waals surface area contributed by atoms with Crippen LogP contribution in [0.4, 0.5) is 0 Å². The number of carboxylic acid groups (broad SMARTS) is 1. The summed E-state index contributed by atoms with van der Waals surface area (Å²) in [5.41, 5.74) is 5.11. The van der Waals surface area contributed by atoms with Gasteiger partial charge in [0.15, 0.2) is 0 Å². The molecule has 0 aliphatic heterocycles. The first-order valence-electron chi connectivity index (χ1n) is 6.15. The number of aliphatic carboxylic acids is 1. The SMILES string of the molecule is CC(C)C[C@H](NC(=O)C1(CN)CCC1)C(=O)O. The zero-order valence-corrected chi connectivity index (χ0v) is 10.5. The fourth-order valence-electron chi connectivity index (χ4n) is 2.13. The predicted octanol–water partition coefficient (Wildman–Crippen LogP) is 0.731. The van der Waals surface area contributed by atoms with Crippen LogP contribution in [0, 0.1) is 11.3 Å². The van der Waals surface area contributed by atoms with Crippen molar-refractivity contribution in [1.29, 1.82) is 0 Å². The van der Waals surface area contributed by atoms with Crippen molar-refractivity contribution in [2.75, 3.05) is 6.54 Å². The number of carboxylic acids is 1. The summed E-state index contributed by atoms with van der Waals surface area (Å²) in [6.45, 7) is 4.17. The van der Waals surface area contributed by atoms with E-state index in [1.807, 2.05) is 13.8 Å². The van der Waals surface area contributed by atoms with Crippen molar-refractivity contribution in [2.45, 2.75) is 45.6 Å². The van der Waals surface area contributed by atoms with Gasteiger partial charge in [-0.25, -0.2) is 4.79 Å². The molecule has 17 heavy (non-hydrogen) atoms. The van der Waals surface area contributed by atoms with Crippen molar-refractivity contribution in [3.05, 3.63) is 0 Å². The molecule has 1 fully saturated rings. The second kappa shape index (κ2) is 5.49. The molecule has 0 aromatic carbocycles. The Morgan fingerprint density at radius 3 is 2.29 bits per heavy atom. The molecule has 0 saturated heterocycles. The molecule has 0 bridgehead atoms. The Kier molecular flexibility index (Phi) is 4.51. The number of nitrogens with two attached hydrogens (primary N) is 1. The van der Waals surface area contributed by atoms with E-state index in [-0.39, 0.29) is 11.8 Å². The lowest BCUT2D eigenvalue weighted by atomic mass is 9.68. The van der Waals surface area contributed by atoms with E-state index >= 15 is 0 Å². The summed E-state index contributed by atoms with van der Waals surface area (Å²) in [5, 5.41) is 11.7. The monoisotopic (exact) mass is 242 g/mol. The van der Waals surface area contributed by atoms with E-state index in [4.69, 9.17) is 10.8 Å². The Labute approximate surface area is 102 Å². The van der Waals surface area contributed by atoms with Crippen molar-refractivity contribution in [2.24, 2.45) is 17.1 Å². The minimum absolute atomic E-state index is 0.195. The molecule has 5 nitrogen and oxygen atoms in total. The molecule has 1 aliphatic rings. The topological polar surface area (TPSA) is 92.4 Å². The molecule has 0 unspecified atom stereocenters. The third kappa shape index (κ3) is 3.19. The van der Waals surface area contributed by atoms with Crippen molar-refractivity contribution < 1.29 is 14.7 Å². The number of hydrogen-bond donors (Lipinski definition) is 3. The number of carbonyl (C=O) groups is 2. The number of amides is 1. The summed E-state index contributed by atoms with van der Waals surface area (Å²) < 4.78 is 0. The molecule has 98 valence electrons. The van der Waals surface area contributed by atoms with Crippen LogP contribution < -0.4 is 11.1 Å². The average molecular weight is 242 g/mol. The highest BCUT2D eigenvalue weighted by atomic mass is 16.4. The van der Waals surface area contributed by atoms with E-state index in [0.29, 0.717) is 13.0 Å². The standard InChI is InChI=1S/C12H22N2O3/c1-8(2)6-9(10(15)16)14-11(17)12(7-13)4-3-5-12/h8-9H,3-7,13H2,1-2H3,(H,14,17)(H,15,16)/t9-/m0/s1. The van der Waals surface area contributed by atoms with Gasteiger partial charge in [-0.3, -0.25) is 4.79 Å². The molecule has 5 heteroatoms. The van der Waals surface area contributed by atoms with Gasteiger partial charge in [0.25, 0.3) is 0 Å². The largest absolute Gasteiger partial charge is 0.480 e. The molecular formula is C12H22N2O3. The van der Waals surface area contributed by atoms with Crippen LogP contribution in [0.25, 0.3) is 0 Å². The van der Waals surface area contributed by atoms with Gasteiger partial charge in [-0.2, -0.15) is 0 Å². The van der Waals surface area contributed by atoms with Crippen molar-refractivity contribution in [1.82, 2.24) is 5.32 Å². The van der Waals surface area contributed by atoms with Crippen LogP contribution in [-0.4, -0.2) is 29.6 Å². The molecule has 0 aromatic rings. The lowest BCUT2D eigenvalue weighted by Gasteiger charge is -2.39. The van der Waals surface area contributed by atoms with E-state index in [1.165, 1.54) is 0 Å². The molecule has 0 aromatic heterocycles. The molecule has 1 aliphatic carbocycles. The fourth-order valence-corrected chi connectivity index (χ4v) is 2.13. The van der Waals surface area contributed by atoms with Gasteiger partial charge in [0.05, 0.1) is 5.41 Å². The number of hydrogen-bond acceptors (Lipinski definition) is 3. The summed E-state index contributed by atoms with van der Waals surface area (Å²) in [4.78, 5) is 23.1. The van der Waals surface area contributed by atoms with Crippen molar-refractivity contribution in [3.8, 4) is 0 Å². The van der Waals surface area contributed by atoms with Gasteiger partial charge in [0.2, 0.25) is 5.91 Å². The van der Waals surface area contributed by atoms with Crippen LogP contribution in [0.15, 0.2) is 0 Å². The van der Waals surface area contributed by atoms with Gasteiger partial charge in [-0.05, 0) is 25.2 Å². The second-order valence-electron chi connectivity index (χ2n) is 5.33. The predicted molar refractivity (Wildman–Crippen MR) is 64.4 cm³/mol. The van der Waals surface area contributed by atoms with E-state index in [1.54, 1.807) is 0 Å². The first-order chi connectivity index (χ1) is 7.91. The summed E-state index contributed by atoms with van der Waals surface area (Å²) in [5.74, 6) is -0.940. The molecule has 0 heterocycles. The third-order valence-electron chi connectivity index (χ3n) is 3.49. The molecule has 1 amide bonds. The third-order valence-corrected chi connectivity index (χ3v) is 3.49. The molecule has 4 N–H and O–H groups in total. The van der Waals surface area contributed by atoms with Crippen molar-refractivity contribution in [3.63, 3.8) is 0 Å². The first-order valence-corrected chi connectivity index (χ1v) is 6.15. The van der Waals surface area contributed by atoms with Gasteiger partial charge in [0, 0.05) is 6.54 Å². The Bertz CT molecular complexity index is 293. The van der Waals surface area contributed by atoms with E-state index in [0.717, 1.165) is 19.3 Å². The summed E-state index contributed by atoms with van der Waals surface area (Å²) in [6, 6.07) is -0.800. The maximum Gasteiger partial charge on any atom is 0.326 e. The minimum Gasteiger partial charge on any atom is -0.480 e. The highest BCUT2D eigenvalue weighted by Crippen LogP contribution is 2.40. The van der Waals surface area contributed by atoms with Gasteiger partial charge in [0.1, 0.15) is 6.04 Å². The van der Waals surface area contributed by atoms with E-state index < -0.39 is 17.4 Å². The average Bonchev–Trinajstić information content (AvgIpc) is 2.14. The first kappa shape index (κ1) is 14.0. The Morgan fingerprint density at radius 2 is 2.00 bits per heavy atom.